The van der Waals surface area contributed by atoms with Gasteiger partial charge in [-0.05, 0) is 35.9 Å². The number of fused-ring (bicyclic) bond motifs is 1. The van der Waals surface area contributed by atoms with Gasteiger partial charge in [0.05, 0.1) is 0 Å². The molecule has 5 heteroatoms. The fraction of sp³-hybridized carbons (Fsp3) is 0. The molecular weight excluding hydrogens is 281 g/mol. The highest BCUT2D eigenvalue weighted by molar-refractivity contribution is 6.30. The Morgan fingerprint density at radius 2 is 1.85 bits per heavy atom. The van der Waals surface area contributed by atoms with Crippen molar-refractivity contribution in [3.63, 3.8) is 0 Å². The van der Waals surface area contributed by atoms with Crippen molar-refractivity contribution in [3.8, 4) is 11.1 Å². The Bertz CT molecular complexity index is 809. The topological polar surface area (TPSA) is 53.1 Å². The van der Waals surface area contributed by atoms with E-state index in [0.717, 1.165) is 0 Å². The molecule has 3 rings (SSSR count). The molecule has 0 spiro atoms. The predicted molar refractivity (Wildman–Crippen MR) is 75.7 cm³/mol. The average Bonchev–Trinajstić information content (AvgIpc) is 2.78. The Hall–Kier alpha value is -2.33. The fourth-order valence-corrected chi connectivity index (χ4v) is 2.37. The van der Waals surface area contributed by atoms with Gasteiger partial charge in [0.15, 0.2) is 0 Å². The third kappa shape index (κ3) is 2.04. The largest absolute Gasteiger partial charge is 0.477 e. The molecule has 0 aliphatic rings. The number of H-pyrrole nitrogens is 1. The summed E-state index contributed by atoms with van der Waals surface area (Å²) in [6.45, 7) is 0. The van der Waals surface area contributed by atoms with Crippen molar-refractivity contribution in [2.45, 2.75) is 0 Å². The van der Waals surface area contributed by atoms with Crippen LogP contribution in [0, 0.1) is 5.82 Å². The molecule has 20 heavy (non-hydrogen) atoms. The molecule has 3 nitrogen and oxygen atoms in total. The van der Waals surface area contributed by atoms with Crippen molar-refractivity contribution in [1.82, 2.24) is 4.98 Å². The van der Waals surface area contributed by atoms with Gasteiger partial charge in [0.2, 0.25) is 0 Å². The number of nitrogens with one attached hydrogen (secondary N) is 1. The third-order valence-corrected chi connectivity index (χ3v) is 3.36. The van der Waals surface area contributed by atoms with Gasteiger partial charge in [-0.3, -0.25) is 0 Å². The predicted octanol–water partition coefficient (Wildman–Crippen LogP) is 4.33. The molecule has 2 aromatic carbocycles. The first-order valence-electron chi connectivity index (χ1n) is 5.87. The van der Waals surface area contributed by atoms with Crippen LogP contribution in [0.2, 0.25) is 5.02 Å². The molecule has 100 valence electrons. The molecule has 0 bridgehead atoms. The smallest absolute Gasteiger partial charge is 0.352 e. The van der Waals surface area contributed by atoms with E-state index in [1.54, 1.807) is 24.3 Å². The minimum absolute atomic E-state index is 0.0351. The Kier molecular flexibility index (Phi) is 2.95. The van der Waals surface area contributed by atoms with Crippen LogP contribution in [0.25, 0.3) is 22.0 Å². The molecule has 0 aliphatic heterocycles. The molecule has 0 atom stereocenters. The van der Waals surface area contributed by atoms with Crippen LogP contribution < -0.4 is 0 Å². The van der Waals surface area contributed by atoms with Gasteiger partial charge in [0.1, 0.15) is 11.5 Å². The van der Waals surface area contributed by atoms with Gasteiger partial charge in [0, 0.05) is 21.5 Å². The Morgan fingerprint density at radius 3 is 2.50 bits per heavy atom. The van der Waals surface area contributed by atoms with Gasteiger partial charge in [-0.2, -0.15) is 0 Å². The van der Waals surface area contributed by atoms with Crippen LogP contribution in [-0.2, 0) is 0 Å². The molecule has 3 aromatic rings. The Morgan fingerprint density at radius 1 is 1.15 bits per heavy atom. The van der Waals surface area contributed by atoms with Crippen molar-refractivity contribution in [2.24, 2.45) is 0 Å². The van der Waals surface area contributed by atoms with Crippen LogP contribution in [0.4, 0.5) is 4.39 Å². The van der Waals surface area contributed by atoms with Crippen LogP contribution in [-0.4, -0.2) is 16.1 Å². The number of aromatic amines is 1. The monoisotopic (exact) mass is 289 g/mol. The lowest BCUT2D eigenvalue weighted by atomic mass is 10.0. The van der Waals surface area contributed by atoms with E-state index >= 15 is 0 Å². The summed E-state index contributed by atoms with van der Waals surface area (Å²) in [6.07, 6.45) is 0. The van der Waals surface area contributed by atoms with E-state index in [1.165, 1.54) is 18.2 Å². The van der Waals surface area contributed by atoms with Gasteiger partial charge in [0.25, 0.3) is 0 Å². The number of aromatic nitrogens is 1. The number of benzene rings is 2. The van der Waals surface area contributed by atoms with E-state index in [2.05, 4.69) is 4.98 Å². The number of carboxylic acid groups (broad SMARTS) is 1. The van der Waals surface area contributed by atoms with Crippen LogP contribution in [0.1, 0.15) is 10.5 Å². The second kappa shape index (κ2) is 4.65. The molecule has 0 unspecified atom stereocenters. The lowest BCUT2D eigenvalue weighted by molar-refractivity contribution is 0.0692. The normalized spacial score (nSPS) is 10.9. The van der Waals surface area contributed by atoms with Crippen molar-refractivity contribution < 1.29 is 14.3 Å². The highest BCUT2D eigenvalue weighted by Crippen LogP contribution is 2.33. The van der Waals surface area contributed by atoms with Crippen molar-refractivity contribution in [3.05, 3.63) is 59.0 Å². The number of hydrogen-bond acceptors (Lipinski definition) is 1. The van der Waals surface area contributed by atoms with Crippen molar-refractivity contribution in [2.75, 3.05) is 0 Å². The van der Waals surface area contributed by atoms with Crippen molar-refractivity contribution in [1.29, 1.82) is 0 Å². The zero-order valence-electron chi connectivity index (χ0n) is 10.2. The molecule has 0 amide bonds. The van der Waals surface area contributed by atoms with E-state index in [9.17, 15) is 14.3 Å². The maximum absolute atomic E-state index is 13.4. The first-order chi connectivity index (χ1) is 9.56. The van der Waals surface area contributed by atoms with E-state index < -0.39 is 11.8 Å². The highest BCUT2D eigenvalue weighted by atomic mass is 35.5. The summed E-state index contributed by atoms with van der Waals surface area (Å²) in [7, 11) is 0. The zero-order valence-corrected chi connectivity index (χ0v) is 10.9. The van der Waals surface area contributed by atoms with Crippen LogP contribution in [0.15, 0.2) is 42.5 Å². The van der Waals surface area contributed by atoms with Crippen LogP contribution in [0.3, 0.4) is 0 Å². The third-order valence-electron chi connectivity index (χ3n) is 3.11. The zero-order chi connectivity index (χ0) is 14.3. The minimum atomic E-state index is -1.09. The molecule has 1 heterocycles. The van der Waals surface area contributed by atoms with E-state index in [4.69, 9.17) is 11.6 Å². The van der Waals surface area contributed by atoms with Gasteiger partial charge >= 0.3 is 5.97 Å². The summed E-state index contributed by atoms with van der Waals surface area (Å²) >= 11 is 5.83. The van der Waals surface area contributed by atoms with E-state index in [-0.39, 0.29) is 5.69 Å². The Balaban J connectivity index is 2.36. The molecule has 0 saturated heterocycles. The standard InChI is InChI=1S/C15H9ClFNO2/c16-9-3-1-8(2-4-9)13-11-7-10(17)5-6-12(11)18-14(13)15(19)20/h1-7,18H,(H,19,20). The summed E-state index contributed by atoms with van der Waals surface area (Å²) in [5.41, 5.74) is 1.74. The first-order valence-corrected chi connectivity index (χ1v) is 6.24. The average molecular weight is 290 g/mol. The van der Waals surface area contributed by atoms with Gasteiger partial charge in [-0.15, -0.1) is 0 Å². The summed E-state index contributed by atoms with van der Waals surface area (Å²) in [5, 5.41) is 10.4. The summed E-state index contributed by atoms with van der Waals surface area (Å²) in [5.74, 6) is -1.50. The van der Waals surface area contributed by atoms with Crippen LogP contribution >= 0.6 is 11.6 Å². The molecule has 2 N–H and O–H groups in total. The minimum Gasteiger partial charge on any atom is -0.477 e. The highest BCUT2D eigenvalue weighted by Gasteiger charge is 2.18. The molecule has 0 radical (unpaired) electrons. The molecule has 0 aliphatic carbocycles. The molecule has 0 fully saturated rings. The second-order valence-corrected chi connectivity index (χ2v) is 4.81. The van der Waals surface area contributed by atoms with E-state index in [0.29, 0.717) is 27.1 Å². The maximum Gasteiger partial charge on any atom is 0.352 e. The molecule has 1 aromatic heterocycles. The first kappa shape index (κ1) is 12.7. The second-order valence-electron chi connectivity index (χ2n) is 4.38. The van der Waals surface area contributed by atoms with Crippen LogP contribution in [0.5, 0.6) is 0 Å². The lowest BCUT2D eigenvalue weighted by Crippen LogP contribution is -1.98. The summed E-state index contributed by atoms with van der Waals surface area (Å²) < 4.78 is 13.4. The Labute approximate surface area is 118 Å². The number of carbonyl (C=O) groups is 1. The van der Waals surface area contributed by atoms with Gasteiger partial charge in [-0.1, -0.05) is 23.7 Å². The maximum atomic E-state index is 13.4. The number of aromatic carboxylic acids is 1. The summed E-state index contributed by atoms with van der Waals surface area (Å²) in [4.78, 5) is 14.2. The summed E-state index contributed by atoms with van der Waals surface area (Å²) in [6, 6.07) is 10.9. The lowest BCUT2D eigenvalue weighted by Gasteiger charge is -2.02. The van der Waals surface area contributed by atoms with Gasteiger partial charge < -0.3 is 10.1 Å². The number of halogens is 2. The van der Waals surface area contributed by atoms with Crippen molar-refractivity contribution >= 4 is 28.5 Å². The SMILES string of the molecule is O=C(O)c1[nH]c2ccc(F)cc2c1-c1ccc(Cl)cc1. The molecular formula is C15H9ClFNO2. The van der Waals surface area contributed by atoms with E-state index in [1.807, 2.05) is 0 Å². The number of hydrogen-bond donors (Lipinski definition) is 2. The number of rotatable bonds is 2. The number of carboxylic acids is 1. The fourth-order valence-electron chi connectivity index (χ4n) is 2.24. The van der Waals surface area contributed by atoms with Gasteiger partial charge in [-0.25, -0.2) is 9.18 Å². The quantitative estimate of drug-likeness (QED) is 0.738. The molecule has 0 saturated carbocycles.